The van der Waals surface area contributed by atoms with Crippen molar-refractivity contribution in [1.82, 2.24) is 10.2 Å². The maximum Gasteiger partial charge on any atom is 0.244 e. The van der Waals surface area contributed by atoms with Crippen LogP contribution in [0.2, 0.25) is 0 Å². The van der Waals surface area contributed by atoms with Crippen LogP contribution in [0.3, 0.4) is 0 Å². The average Bonchev–Trinajstić information content (AvgIpc) is 2.36. The monoisotopic (exact) mass is 284 g/mol. The molecule has 0 saturated carbocycles. The van der Waals surface area contributed by atoms with E-state index in [2.05, 4.69) is 31.0 Å². The lowest BCUT2D eigenvalue weighted by Crippen LogP contribution is -2.44. The van der Waals surface area contributed by atoms with E-state index in [1.54, 1.807) is 6.08 Å². The van der Waals surface area contributed by atoms with Gasteiger partial charge >= 0.3 is 0 Å². The zero-order valence-electron chi connectivity index (χ0n) is 13.1. The van der Waals surface area contributed by atoms with Crippen LogP contribution in [0.5, 0.6) is 0 Å². The number of allylic oxidation sites excluding steroid dienone is 1. The van der Waals surface area contributed by atoms with Crippen molar-refractivity contribution in [2.45, 2.75) is 33.8 Å². The van der Waals surface area contributed by atoms with Crippen LogP contribution in [0.4, 0.5) is 0 Å². The number of ether oxygens (including phenoxy) is 1. The molecule has 0 aromatic carbocycles. The van der Waals surface area contributed by atoms with E-state index in [4.69, 9.17) is 4.74 Å². The fourth-order valence-electron chi connectivity index (χ4n) is 1.83. The van der Waals surface area contributed by atoms with Crippen molar-refractivity contribution in [3.8, 4) is 0 Å². The third-order valence-electron chi connectivity index (χ3n) is 3.62. The molecule has 1 atom stereocenters. The highest BCUT2D eigenvalue weighted by atomic mass is 16.5. The van der Waals surface area contributed by atoms with E-state index in [9.17, 15) is 9.90 Å². The quantitative estimate of drug-likeness (QED) is 0.733. The Hall–Kier alpha value is -0.910. The van der Waals surface area contributed by atoms with Gasteiger partial charge in [-0.1, -0.05) is 26.3 Å². The number of aliphatic hydroxyl groups excluding tert-OH is 1. The highest BCUT2D eigenvalue weighted by Crippen LogP contribution is 2.23. The molecule has 20 heavy (non-hydrogen) atoms. The molecule has 116 valence electrons. The van der Waals surface area contributed by atoms with Crippen LogP contribution in [-0.2, 0) is 9.53 Å². The Morgan fingerprint density at radius 1 is 1.40 bits per heavy atom. The molecule has 1 amide bonds. The van der Waals surface area contributed by atoms with Crippen molar-refractivity contribution in [3.05, 3.63) is 11.6 Å². The normalized spacial score (nSPS) is 19.8. The van der Waals surface area contributed by atoms with Gasteiger partial charge in [0.1, 0.15) is 0 Å². The SMILES string of the molecule is CC(=CC(=O)NCC(O)CN1CCOCC1)C(C)(C)C. The largest absolute Gasteiger partial charge is 0.390 e. The van der Waals surface area contributed by atoms with E-state index in [-0.39, 0.29) is 17.9 Å². The maximum atomic E-state index is 11.8. The highest BCUT2D eigenvalue weighted by Gasteiger charge is 2.16. The third-order valence-corrected chi connectivity index (χ3v) is 3.62. The van der Waals surface area contributed by atoms with Crippen LogP contribution in [0, 0.1) is 5.41 Å². The van der Waals surface area contributed by atoms with Gasteiger partial charge in [0.05, 0.1) is 19.3 Å². The number of nitrogens with one attached hydrogen (secondary N) is 1. The van der Waals surface area contributed by atoms with E-state index in [1.807, 2.05) is 6.92 Å². The Morgan fingerprint density at radius 2 is 2.00 bits per heavy atom. The molecular formula is C15H28N2O3. The number of nitrogens with zero attached hydrogens (tertiary/aromatic N) is 1. The first kappa shape index (κ1) is 17.1. The fourth-order valence-corrected chi connectivity index (χ4v) is 1.83. The van der Waals surface area contributed by atoms with Gasteiger partial charge in [-0.3, -0.25) is 9.69 Å². The molecule has 0 spiro atoms. The molecule has 1 saturated heterocycles. The number of morpholine rings is 1. The summed E-state index contributed by atoms with van der Waals surface area (Å²) in [5.74, 6) is -0.140. The summed E-state index contributed by atoms with van der Waals surface area (Å²) in [4.78, 5) is 13.9. The lowest BCUT2D eigenvalue weighted by Gasteiger charge is -2.28. The molecule has 1 heterocycles. The predicted molar refractivity (Wildman–Crippen MR) is 79.5 cm³/mol. The first-order chi connectivity index (χ1) is 9.29. The first-order valence-corrected chi connectivity index (χ1v) is 7.24. The lowest BCUT2D eigenvalue weighted by atomic mass is 9.87. The molecule has 2 N–H and O–H groups in total. The smallest absolute Gasteiger partial charge is 0.244 e. The minimum atomic E-state index is -0.541. The van der Waals surface area contributed by atoms with Crippen LogP contribution < -0.4 is 5.32 Å². The topological polar surface area (TPSA) is 61.8 Å². The molecule has 1 fully saturated rings. The number of β-amino-alcohol motifs (C(OH)–C–C–N with tert-alkyl or cyclic N) is 1. The summed E-state index contributed by atoms with van der Waals surface area (Å²) in [5, 5.41) is 12.7. The molecule has 0 aliphatic carbocycles. The van der Waals surface area contributed by atoms with Gasteiger partial charge in [0.15, 0.2) is 0 Å². The summed E-state index contributed by atoms with van der Waals surface area (Å²) in [6.45, 7) is 12.1. The van der Waals surface area contributed by atoms with E-state index in [0.717, 1.165) is 18.7 Å². The van der Waals surface area contributed by atoms with Gasteiger partial charge in [-0.05, 0) is 12.3 Å². The summed E-state index contributed by atoms with van der Waals surface area (Å²) in [6, 6.07) is 0. The van der Waals surface area contributed by atoms with Gasteiger partial charge in [-0.2, -0.15) is 0 Å². The molecule has 1 aliphatic rings. The van der Waals surface area contributed by atoms with Crippen molar-refractivity contribution in [3.63, 3.8) is 0 Å². The molecule has 0 bridgehead atoms. The second-order valence-electron chi connectivity index (χ2n) is 6.39. The van der Waals surface area contributed by atoms with E-state index in [1.165, 1.54) is 0 Å². The molecule has 5 nitrogen and oxygen atoms in total. The average molecular weight is 284 g/mol. The van der Waals surface area contributed by atoms with Crippen molar-refractivity contribution >= 4 is 5.91 Å². The second-order valence-corrected chi connectivity index (χ2v) is 6.39. The second kappa shape index (κ2) is 7.76. The van der Waals surface area contributed by atoms with Gasteiger partial charge in [0.25, 0.3) is 0 Å². The molecule has 0 aromatic heterocycles. The standard InChI is InChI=1S/C15H28N2O3/c1-12(15(2,3)4)9-14(19)16-10-13(18)11-17-5-7-20-8-6-17/h9,13,18H,5-8,10-11H2,1-4H3,(H,16,19). The fraction of sp³-hybridized carbons (Fsp3) is 0.800. The Kier molecular flexibility index (Phi) is 6.65. The Labute approximate surface area is 122 Å². The van der Waals surface area contributed by atoms with Crippen LogP contribution >= 0.6 is 0 Å². The predicted octanol–water partition coefficient (Wildman–Crippen LogP) is 0.788. The van der Waals surface area contributed by atoms with Crippen molar-refractivity contribution < 1.29 is 14.6 Å². The first-order valence-electron chi connectivity index (χ1n) is 7.24. The molecule has 1 rings (SSSR count). The number of hydrogen-bond acceptors (Lipinski definition) is 4. The number of hydrogen-bond donors (Lipinski definition) is 2. The summed E-state index contributed by atoms with van der Waals surface area (Å²) >= 11 is 0. The Morgan fingerprint density at radius 3 is 2.55 bits per heavy atom. The Balaban J connectivity index is 2.29. The Bertz CT molecular complexity index is 342. The van der Waals surface area contributed by atoms with Gasteiger partial charge in [-0.25, -0.2) is 0 Å². The minimum Gasteiger partial charge on any atom is -0.390 e. The van der Waals surface area contributed by atoms with Crippen LogP contribution in [-0.4, -0.2) is 61.4 Å². The van der Waals surface area contributed by atoms with Crippen molar-refractivity contribution in [2.24, 2.45) is 5.41 Å². The molecule has 1 unspecified atom stereocenters. The zero-order chi connectivity index (χ0) is 15.2. The summed E-state index contributed by atoms with van der Waals surface area (Å²) in [7, 11) is 0. The minimum absolute atomic E-state index is 0.0102. The number of amides is 1. The molecule has 5 heteroatoms. The molecule has 1 aliphatic heterocycles. The van der Waals surface area contributed by atoms with Gasteiger partial charge in [0, 0.05) is 32.3 Å². The van der Waals surface area contributed by atoms with Gasteiger partial charge in [-0.15, -0.1) is 0 Å². The summed E-state index contributed by atoms with van der Waals surface area (Å²) in [5.41, 5.74) is 1.02. The van der Waals surface area contributed by atoms with E-state index >= 15 is 0 Å². The van der Waals surface area contributed by atoms with Crippen molar-refractivity contribution in [2.75, 3.05) is 39.4 Å². The lowest BCUT2D eigenvalue weighted by molar-refractivity contribution is -0.117. The van der Waals surface area contributed by atoms with Crippen LogP contribution in [0.1, 0.15) is 27.7 Å². The summed E-state index contributed by atoms with van der Waals surface area (Å²) < 4.78 is 5.25. The number of aliphatic hydroxyl groups is 1. The van der Waals surface area contributed by atoms with E-state index < -0.39 is 6.10 Å². The maximum absolute atomic E-state index is 11.8. The summed E-state index contributed by atoms with van der Waals surface area (Å²) in [6.07, 6.45) is 1.07. The molecule has 0 aromatic rings. The number of carbonyl (C=O) groups is 1. The van der Waals surface area contributed by atoms with Crippen LogP contribution in [0.25, 0.3) is 0 Å². The molecular weight excluding hydrogens is 256 g/mol. The third kappa shape index (κ3) is 6.50. The van der Waals surface area contributed by atoms with Crippen LogP contribution in [0.15, 0.2) is 11.6 Å². The highest BCUT2D eigenvalue weighted by molar-refractivity contribution is 5.88. The number of rotatable bonds is 5. The zero-order valence-corrected chi connectivity index (χ0v) is 13.1. The van der Waals surface area contributed by atoms with Gasteiger partial charge < -0.3 is 15.2 Å². The number of carbonyl (C=O) groups excluding carboxylic acids is 1. The molecule has 0 radical (unpaired) electrons. The van der Waals surface area contributed by atoms with Crippen molar-refractivity contribution in [1.29, 1.82) is 0 Å². The van der Waals surface area contributed by atoms with Gasteiger partial charge in [0.2, 0.25) is 5.91 Å². The van der Waals surface area contributed by atoms with E-state index in [0.29, 0.717) is 19.8 Å².